The number of carboxylic acid groups (broad SMARTS) is 1. The van der Waals surface area contributed by atoms with Crippen LogP contribution in [0.4, 0.5) is 0 Å². The van der Waals surface area contributed by atoms with Crippen molar-refractivity contribution in [3.8, 4) is 0 Å². The number of sulfonamides is 1. The van der Waals surface area contributed by atoms with E-state index in [1.807, 2.05) is 0 Å². The average Bonchev–Trinajstić information content (AvgIpc) is 2.35. The molecule has 2 N–H and O–H groups in total. The van der Waals surface area contributed by atoms with Gasteiger partial charge in [-0.3, -0.25) is 0 Å². The number of carbonyl (C=O) groups is 1. The Kier molecular flexibility index (Phi) is 4.81. The molecule has 1 aromatic rings. The number of aromatic carboxylic acids is 1. The normalized spacial score (nSPS) is 13.1. The van der Waals surface area contributed by atoms with Gasteiger partial charge in [0.1, 0.15) is 0 Å². The third-order valence-corrected chi connectivity index (χ3v) is 6.71. The molecule has 7 nitrogen and oxygen atoms in total. The second kappa shape index (κ2) is 5.74. The lowest BCUT2D eigenvalue weighted by molar-refractivity contribution is 0.0692. The maximum absolute atomic E-state index is 12.2. The molecule has 0 heterocycles. The van der Waals surface area contributed by atoms with Crippen LogP contribution in [0.15, 0.2) is 29.2 Å². The molecule has 1 rings (SSSR count). The molecule has 1 aromatic carbocycles. The van der Waals surface area contributed by atoms with E-state index in [0.717, 1.165) is 12.3 Å². The summed E-state index contributed by atoms with van der Waals surface area (Å²) >= 11 is 0. The molecule has 9 heteroatoms. The molecule has 0 radical (unpaired) electrons. The molecule has 0 unspecified atom stereocenters. The van der Waals surface area contributed by atoms with Gasteiger partial charge in [-0.1, -0.05) is 12.1 Å². The van der Waals surface area contributed by atoms with Gasteiger partial charge in [-0.25, -0.2) is 26.4 Å². The Morgan fingerprint density at radius 2 is 1.71 bits per heavy atom. The van der Waals surface area contributed by atoms with E-state index in [1.54, 1.807) is 0 Å². The van der Waals surface area contributed by atoms with E-state index in [-0.39, 0.29) is 12.1 Å². The summed E-state index contributed by atoms with van der Waals surface area (Å²) in [6, 6.07) is 5.11. The monoisotopic (exact) mass is 335 g/mol. The predicted octanol–water partition coefficient (Wildman–Crippen LogP) is 0.486. The molecule has 0 aliphatic heterocycles. The van der Waals surface area contributed by atoms with Crippen LogP contribution in [0, 0.1) is 0 Å². The van der Waals surface area contributed by atoms with Crippen molar-refractivity contribution in [2.45, 2.75) is 23.5 Å². The van der Waals surface area contributed by atoms with E-state index < -0.39 is 35.5 Å². The summed E-state index contributed by atoms with van der Waals surface area (Å²) < 4.78 is 48.3. The van der Waals surface area contributed by atoms with Gasteiger partial charge in [0.25, 0.3) is 0 Å². The molecule has 0 aliphatic carbocycles. The van der Waals surface area contributed by atoms with Gasteiger partial charge in [-0.2, -0.15) is 0 Å². The summed E-state index contributed by atoms with van der Waals surface area (Å²) in [6.07, 6.45) is 1.01. The summed E-state index contributed by atoms with van der Waals surface area (Å²) in [5, 5.41) is 9.00. The van der Waals surface area contributed by atoms with Crippen LogP contribution in [-0.4, -0.2) is 45.5 Å². The van der Waals surface area contributed by atoms with Crippen molar-refractivity contribution in [3.63, 3.8) is 0 Å². The van der Waals surface area contributed by atoms with Crippen molar-refractivity contribution in [1.82, 2.24) is 4.72 Å². The molecule has 0 fully saturated rings. The summed E-state index contributed by atoms with van der Waals surface area (Å²) in [5.41, 5.74) is -0.373. The summed E-state index contributed by atoms with van der Waals surface area (Å²) in [5.74, 6) is -1.38. The zero-order valence-electron chi connectivity index (χ0n) is 11.8. The van der Waals surface area contributed by atoms with Crippen LogP contribution in [-0.2, 0) is 19.9 Å². The number of nitrogens with one attached hydrogen (secondary N) is 1. The van der Waals surface area contributed by atoms with Crippen molar-refractivity contribution in [3.05, 3.63) is 29.8 Å². The molecule has 0 saturated carbocycles. The van der Waals surface area contributed by atoms with Gasteiger partial charge in [0.05, 0.1) is 15.2 Å². The van der Waals surface area contributed by atoms with Gasteiger partial charge in [0.2, 0.25) is 10.0 Å². The second-order valence-corrected chi connectivity index (χ2v) is 9.54. The lowest BCUT2D eigenvalue weighted by atomic mass is 10.2. The summed E-state index contributed by atoms with van der Waals surface area (Å²) in [7, 11) is -7.60. The largest absolute Gasteiger partial charge is 0.478 e. The molecule has 0 bridgehead atoms. The molecular weight excluding hydrogens is 318 g/mol. The van der Waals surface area contributed by atoms with Crippen LogP contribution in [0.3, 0.4) is 0 Å². The lowest BCUT2D eigenvalue weighted by Gasteiger charge is -2.22. The zero-order valence-corrected chi connectivity index (χ0v) is 13.5. The number of carboxylic acids is 1. The lowest BCUT2D eigenvalue weighted by Crippen LogP contribution is -2.43. The molecule has 0 atom stereocenters. The maximum atomic E-state index is 12.2. The fourth-order valence-corrected chi connectivity index (χ4v) is 3.19. The fraction of sp³-hybridized carbons (Fsp3) is 0.417. The average molecular weight is 335 g/mol. The first-order chi connectivity index (χ1) is 9.38. The number of hydrogen-bond acceptors (Lipinski definition) is 5. The first-order valence-corrected chi connectivity index (χ1v) is 9.27. The van der Waals surface area contributed by atoms with Crippen LogP contribution < -0.4 is 4.72 Å². The highest BCUT2D eigenvalue weighted by Gasteiger charge is 2.32. The topological polar surface area (TPSA) is 118 Å². The van der Waals surface area contributed by atoms with Gasteiger partial charge in [0.15, 0.2) is 9.84 Å². The molecule has 0 spiro atoms. The van der Waals surface area contributed by atoms with Gasteiger partial charge < -0.3 is 5.11 Å². The van der Waals surface area contributed by atoms with Crippen molar-refractivity contribution >= 4 is 25.8 Å². The zero-order chi connectivity index (χ0) is 16.5. The van der Waals surface area contributed by atoms with Crippen molar-refractivity contribution in [1.29, 1.82) is 0 Å². The predicted molar refractivity (Wildman–Crippen MR) is 77.5 cm³/mol. The fourth-order valence-electron chi connectivity index (χ4n) is 1.36. The van der Waals surface area contributed by atoms with Gasteiger partial charge in [-0.15, -0.1) is 0 Å². The molecule has 0 aromatic heterocycles. The Bertz CT molecular complexity index is 750. The van der Waals surface area contributed by atoms with E-state index in [2.05, 4.69) is 4.72 Å². The third kappa shape index (κ3) is 4.02. The Balaban J connectivity index is 3.13. The first kappa shape index (κ1) is 17.6. The Morgan fingerprint density at radius 1 is 1.19 bits per heavy atom. The maximum Gasteiger partial charge on any atom is 0.337 e. The minimum atomic E-state index is -4.12. The van der Waals surface area contributed by atoms with E-state index in [1.165, 1.54) is 32.0 Å². The van der Waals surface area contributed by atoms with Gasteiger partial charge in [0, 0.05) is 12.8 Å². The number of hydrogen-bond donors (Lipinski definition) is 2. The first-order valence-electron chi connectivity index (χ1n) is 5.90. The van der Waals surface area contributed by atoms with Gasteiger partial charge in [-0.05, 0) is 26.0 Å². The molecule has 118 valence electrons. The quantitative estimate of drug-likeness (QED) is 0.781. The molecular formula is C12H17NO6S2. The minimum Gasteiger partial charge on any atom is -0.478 e. The summed E-state index contributed by atoms with van der Waals surface area (Å²) in [6.45, 7) is 2.41. The second-order valence-electron chi connectivity index (χ2n) is 5.16. The van der Waals surface area contributed by atoms with Crippen LogP contribution in [0.5, 0.6) is 0 Å². The van der Waals surface area contributed by atoms with Crippen LogP contribution in [0.25, 0.3) is 0 Å². The molecule has 0 amide bonds. The highest BCUT2D eigenvalue weighted by atomic mass is 32.2. The molecule has 0 saturated heterocycles. The third-order valence-electron chi connectivity index (χ3n) is 3.10. The Hall–Kier alpha value is -1.45. The molecule has 0 aliphatic rings. The summed E-state index contributed by atoms with van der Waals surface area (Å²) in [4.78, 5) is 10.6. The Morgan fingerprint density at radius 3 is 2.19 bits per heavy atom. The van der Waals surface area contributed by atoms with E-state index in [4.69, 9.17) is 5.11 Å². The number of sulfone groups is 1. The minimum absolute atomic E-state index is 0.359. The van der Waals surface area contributed by atoms with E-state index >= 15 is 0 Å². The SMILES string of the molecule is CC(C)(CNS(=O)(=O)c1ccccc1C(=O)O)S(C)(=O)=O. The smallest absolute Gasteiger partial charge is 0.337 e. The molecule has 21 heavy (non-hydrogen) atoms. The highest BCUT2D eigenvalue weighted by molar-refractivity contribution is 7.92. The van der Waals surface area contributed by atoms with Crippen molar-refractivity contribution in [2.24, 2.45) is 0 Å². The van der Waals surface area contributed by atoms with Crippen molar-refractivity contribution < 1.29 is 26.7 Å². The van der Waals surface area contributed by atoms with Crippen LogP contribution >= 0.6 is 0 Å². The standard InChI is InChI=1S/C12H17NO6S2/c1-12(2,20(3,16)17)8-13-21(18,19)10-7-5-4-6-9(10)11(14)15/h4-7,13H,8H2,1-3H3,(H,14,15). The van der Waals surface area contributed by atoms with E-state index in [0.29, 0.717) is 0 Å². The number of benzene rings is 1. The van der Waals surface area contributed by atoms with Crippen LogP contribution in [0.2, 0.25) is 0 Å². The van der Waals surface area contributed by atoms with Crippen LogP contribution in [0.1, 0.15) is 24.2 Å². The van der Waals surface area contributed by atoms with E-state index in [9.17, 15) is 21.6 Å². The highest BCUT2D eigenvalue weighted by Crippen LogP contribution is 2.18. The Labute approximate surface area is 124 Å². The van der Waals surface area contributed by atoms with Gasteiger partial charge >= 0.3 is 5.97 Å². The van der Waals surface area contributed by atoms with Crippen molar-refractivity contribution in [2.75, 3.05) is 12.8 Å². The number of rotatable bonds is 6.